The first-order valence-electron chi connectivity index (χ1n) is 2.82. The van der Waals surface area contributed by atoms with Gasteiger partial charge >= 0.3 is 39.0 Å². The first-order chi connectivity index (χ1) is 5.43. The zero-order chi connectivity index (χ0) is 9.72. The van der Waals surface area contributed by atoms with Gasteiger partial charge in [-0.15, -0.1) is 0 Å². The maximum atomic E-state index is 10.2. The minimum atomic E-state index is -1.54. The number of rotatable bonds is 4. The van der Waals surface area contributed by atoms with Crippen LogP contribution in [0, 0.1) is 0 Å². The summed E-state index contributed by atoms with van der Waals surface area (Å²) in [6.07, 6.45) is -0.446. The number of hydrogen-bond acceptors (Lipinski definition) is 5. The maximum Gasteiger partial charge on any atom is 4.00 e. The molecule has 0 aromatic rings. The van der Waals surface area contributed by atoms with Gasteiger partial charge in [-0.3, -0.25) is 4.79 Å². The molecule has 0 amide bonds. The Morgan fingerprint density at radius 3 is 1.60 bits per heavy atom. The summed E-state index contributed by atoms with van der Waals surface area (Å²) in [4.78, 5) is 30.1. The fourth-order valence-electron chi connectivity index (χ4n) is 0.500. The van der Waals surface area contributed by atoms with Gasteiger partial charge in [0, 0.05) is 6.08 Å². The van der Waals surface area contributed by atoms with Crippen molar-refractivity contribution in [3.05, 3.63) is 11.6 Å². The molecule has 0 saturated heterocycles. The molecule has 0 aliphatic rings. The summed E-state index contributed by atoms with van der Waals surface area (Å²) in [6.45, 7) is 0. The van der Waals surface area contributed by atoms with Gasteiger partial charge in [0.15, 0.2) is 0 Å². The summed E-state index contributed by atoms with van der Waals surface area (Å²) >= 11 is 0. The molecule has 0 radical (unpaired) electrons. The van der Waals surface area contributed by atoms with E-state index in [0.29, 0.717) is 6.08 Å². The van der Waals surface area contributed by atoms with Crippen LogP contribution in [0.5, 0.6) is 0 Å². The van der Waals surface area contributed by atoms with Gasteiger partial charge in [-0.2, -0.15) is 0 Å². The van der Waals surface area contributed by atoms with Crippen LogP contribution >= 0.6 is 0 Å². The zero-order valence-corrected chi connectivity index (χ0v) is 9.85. The number of carbonyl (C=O) groups is 3. The average Bonchev–Trinajstić information content (AvgIpc) is 1.83. The van der Waals surface area contributed by atoms with Crippen LogP contribution in [0.3, 0.4) is 0 Å². The summed E-state index contributed by atoms with van der Waals surface area (Å²) in [5.41, 5.74) is -0.657. The molecule has 0 aliphatic carbocycles. The van der Waals surface area contributed by atoms with E-state index in [-0.39, 0.29) is 33.4 Å². The standard InChI is InChI=1S/C6H6O6.2H3N.Pt/c7-4(8)1-3(6(11)12)2-5(9)10;;;/h1H,2H2,(H,7,8)(H,9,10)(H,11,12);2*1H3;/q;;;+4/b3-1-;;;. The SMILES string of the molecule is N.N.O=C(O)/C=C(/CC(=O)O)C(=O)O.[Pt+4]. The summed E-state index contributed by atoms with van der Waals surface area (Å²) in [5, 5.41) is 24.5. The molecule has 0 bridgehead atoms. The molecular formula is C6H12N2O6Pt+4. The molecule has 8 nitrogen and oxygen atoms in total. The monoisotopic (exact) mass is 403 g/mol. The molecule has 9 heteroatoms. The first-order valence-corrected chi connectivity index (χ1v) is 2.82. The van der Waals surface area contributed by atoms with Gasteiger partial charge in [0.25, 0.3) is 0 Å². The van der Waals surface area contributed by atoms with E-state index >= 15 is 0 Å². The van der Waals surface area contributed by atoms with Crippen LogP contribution < -0.4 is 12.3 Å². The fraction of sp³-hybridized carbons (Fsp3) is 0.167. The van der Waals surface area contributed by atoms with Crippen molar-refractivity contribution in [2.45, 2.75) is 6.42 Å². The van der Waals surface area contributed by atoms with E-state index in [1.54, 1.807) is 0 Å². The van der Waals surface area contributed by atoms with Crippen molar-refractivity contribution in [3.63, 3.8) is 0 Å². The quantitative estimate of drug-likeness (QED) is 0.403. The molecule has 9 N–H and O–H groups in total. The van der Waals surface area contributed by atoms with Gasteiger partial charge in [-0.05, 0) is 0 Å². The van der Waals surface area contributed by atoms with Crippen LogP contribution in [0.2, 0.25) is 0 Å². The molecule has 0 aromatic carbocycles. The van der Waals surface area contributed by atoms with Crippen LogP contribution in [0.25, 0.3) is 0 Å². The predicted octanol–water partition coefficient (Wildman–Crippen LogP) is -0.122. The van der Waals surface area contributed by atoms with Crippen LogP contribution in [-0.4, -0.2) is 33.2 Å². The summed E-state index contributed by atoms with van der Waals surface area (Å²) in [6, 6.07) is 0. The molecule has 0 unspecified atom stereocenters. The second-order valence-corrected chi connectivity index (χ2v) is 1.88. The molecule has 0 aromatic heterocycles. The summed E-state index contributed by atoms with van der Waals surface area (Å²) in [5.74, 6) is -4.40. The zero-order valence-electron chi connectivity index (χ0n) is 7.58. The average molecular weight is 403 g/mol. The summed E-state index contributed by atoms with van der Waals surface area (Å²) in [7, 11) is 0. The molecule has 0 spiro atoms. The Labute approximate surface area is 99.4 Å². The largest absolute Gasteiger partial charge is 4.00 e. The van der Waals surface area contributed by atoms with Gasteiger partial charge in [-0.1, -0.05) is 0 Å². The van der Waals surface area contributed by atoms with E-state index in [2.05, 4.69) is 0 Å². The number of carboxylic acid groups (broad SMARTS) is 3. The Hall–Kier alpha value is -1.24. The molecule has 0 saturated carbocycles. The van der Waals surface area contributed by atoms with E-state index in [1.807, 2.05) is 0 Å². The minimum Gasteiger partial charge on any atom is -0.481 e. The minimum absolute atomic E-state index is 0. The van der Waals surface area contributed by atoms with Gasteiger partial charge in [0.05, 0.1) is 12.0 Å². The van der Waals surface area contributed by atoms with E-state index in [4.69, 9.17) is 15.3 Å². The van der Waals surface area contributed by atoms with Crippen molar-refractivity contribution < 1.29 is 50.8 Å². The van der Waals surface area contributed by atoms with Crippen LogP contribution in [0.4, 0.5) is 0 Å². The molecule has 0 rings (SSSR count). The smallest absolute Gasteiger partial charge is 0.481 e. The van der Waals surface area contributed by atoms with E-state index in [9.17, 15) is 14.4 Å². The van der Waals surface area contributed by atoms with Crippen molar-refractivity contribution in [2.75, 3.05) is 0 Å². The third-order valence-electron chi connectivity index (χ3n) is 0.914. The predicted molar refractivity (Wildman–Crippen MR) is 45.7 cm³/mol. The number of aliphatic carboxylic acids is 3. The Morgan fingerprint density at radius 2 is 1.40 bits per heavy atom. The van der Waals surface area contributed by atoms with E-state index < -0.39 is 29.9 Å². The van der Waals surface area contributed by atoms with Gasteiger partial charge in [-0.25, -0.2) is 9.59 Å². The molecule has 0 heterocycles. The number of carboxylic acids is 3. The summed E-state index contributed by atoms with van der Waals surface area (Å²) < 4.78 is 0. The Morgan fingerprint density at radius 1 is 1.00 bits per heavy atom. The fourth-order valence-corrected chi connectivity index (χ4v) is 0.500. The van der Waals surface area contributed by atoms with Crippen molar-refractivity contribution in [1.29, 1.82) is 0 Å². The Balaban J connectivity index is -0.000000202. The van der Waals surface area contributed by atoms with Crippen LogP contribution in [-0.2, 0) is 35.4 Å². The van der Waals surface area contributed by atoms with E-state index in [0.717, 1.165) is 0 Å². The van der Waals surface area contributed by atoms with E-state index in [1.165, 1.54) is 0 Å². The molecule has 0 atom stereocenters. The van der Waals surface area contributed by atoms with Crippen LogP contribution in [0.15, 0.2) is 11.6 Å². The van der Waals surface area contributed by atoms with Crippen molar-refractivity contribution in [2.24, 2.45) is 0 Å². The molecule has 0 fully saturated rings. The molecular weight excluding hydrogens is 391 g/mol. The van der Waals surface area contributed by atoms with Crippen molar-refractivity contribution >= 4 is 17.9 Å². The Kier molecular flexibility index (Phi) is 17.0. The van der Waals surface area contributed by atoms with Gasteiger partial charge in [0.2, 0.25) is 0 Å². The van der Waals surface area contributed by atoms with Gasteiger partial charge in [0.1, 0.15) is 0 Å². The maximum absolute atomic E-state index is 10.2. The van der Waals surface area contributed by atoms with Gasteiger partial charge < -0.3 is 27.6 Å². The van der Waals surface area contributed by atoms with Crippen LogP contribution in [0.1, 0.15) is 6.42 Å². The normalized spacial score (nSPS) is 8.67. The first kappa shape index (κ1) is 23.5. The van der Waals surface area contributed by atoms with Crippen molar-refractivity contribution in [1.82, 2.24) is 12.3 Å². The molecule has 15 heavy (non-hydrogen) atoms. The number of hydrogen-bond donors (Lipinski definition) is 5. The third kappa shape index (κ3) is 12.8. The van der Waals surface area contributed by atoms with Crippen molar-refractivity contribution in [3.8, 4) is 0 Å². The third-order valence-corrected chi connectivity index (χ3v) is 0.914. The Bertz CT molecular complexity index is 264. The second kappa shape index (κ2) is 10.8. The molecule has 0 aliphatic heterocycles. The second-order valence-electron chi connectivity index (χ2n) is 1.88. The topological polar surface area (TPSA) is 182 Å². The molecule has 88 valence electrons.